The largest absolute Gasteiger partial charge is 0.420 e. The van der Waals surface area contributed by atoms with Crippen LogP contribution in [-0.2, 0) is 11.3 Å². The van der Waals surface area contributed by atoms with Gasteiger partial charge in [-0.3, -0.25) is 9.48 Å². The molecule has 1 atom stereocenters. The average molecular weight is 343 g/mol. The monoisotopic (exact) mass is 343 g/mol. The van der Waals surface area contributed by atoms with Crippen molar-refractivity contribution in [1.29, 1.82) is 0 Å². The molecule has 2 radical (unpaired) electrons. The summed E-state index contributed by atoms with van der Waals surface area (Å²) in [5.41, 5.74) is 0.674. The Morgan fingerprint density at radius 1 is 1.30 bits per heavy atom. The summed E-state index contributed by atoms with van der Waals surface area (Å²) in [6.45, 7) is 1.90. The van der Waals surface area contributed by atoms with Crippen LogP contribution in [0, 0.1) is 23.3 Å². The third kappa shape index (κ3) is 4.09. The van der Waals surface area contributed by atoms with Crippen LogP contribution in [0.5, 0.6) is 5.75 Å². The van der Waals surface area contributed by atoms with Crippen molar-refractivity contribution in [2.75, 3.05) is 0 Å². The second-order valence-electron chi connectivity index (χ2n) is 4.72. The molecule has 0 fully saturated rings. The number of rotatable bonds is 5. The van der Waals surface area contributed by atoms with Gasteiger partial charge in [0, 0.05) is 12.3 Å². The van der Waals surface area contributed by atoms with Crippen molar-refractivity contribution in [3.05, 3.63) is 41.2 Å². The van der Waals surface area contributed by atoms with Gasteiger partial charge in [-0.1, -0.05) is 16.9 Å². The van der Waals surface area contributed by atoms with Gasteiger partial charge in [0.15, 0.2) is 11.6 Å². The predicted molar refractivity (Wildman–Crippen MR) is 70.7 cm³/mol. The van der Waals surface area contributed by atoms with Crippen molar-refractivity contribution in [3.63, 3.8) is 0 Å². The Morgan fingerprint density at radius 2 is 1.91 bits per heavy atom. The topological polar surface area (TPSA) is 57.0 Å². The number of hydrogen-bond acceptors (Lipinski definition) is 4. The number of benzene rings is 1. The molecule has 1 aromatic heterocycles. The molecule has 2 aromatic rings. The van der Waals surface area contributed by atoms with Crippen molar-refractivity contribution >= 4 is 22.3 Å². The van der Waals surface area contributed by atoms with E-state index >= 15 is 0 Å². The first kappa shape index (κ1) is 17.4. The summed E-state index contributed by atoms with van der Waals surface area (Å²) in [6.07, 6.45) is 1.28. The van der Waals surface area contributed by atoms with Crippen LogP contribution < -0.4 is 4.74 Å². The van der Waals surface area contributed by atoms with Gasteiger partial charge in [0.25, 0.3) is 0 Å². The first-order valence-corrected chi connectivity index (χ1v) is 7.15. The lowest BCUT2D eigenvalue weighted by Crippen LogP contribution is -2.15. The summed E-state index contributed by atoms with van der Waals surface area (Å²) in [7, 11) is 0. The van der Waals surface area contributed by atoms with Crippen molar-refractivity contribution in [2.24, 2.45) is 0 Å². The molecule has 0 saturated heterocycles. The molecule has 0 saturated carbocycles. The van der Waals surface area contributed by atoms with E-state index < -0.39 is 35.0 Å². The van der Waals surface area contributed by atoms with Crippen molar-refractivity contribution < 1.29 is 27.1 Å². The summed E-state index contributed by atoms with van der Waals surface area (Å²) in [5.74, 6) is -9.30. The van der Waals surface area contributed by atoms with Gasteiger partial charge >= 0.3 is 5.97 Å². The van der Waals surface area contributed by atoms with E-state index in [0.717, 1.165) is 0 Å². The summed E-state index contributed by atoms with van der Waals surface area (Å²) in [6, 6.07) is 0.0306. The number of aryl methyl sites for hydroxylation is 1. The molecule has 2 rings (SSSR count). The van der Waals surface area contributed by atoms with Crippen LogP contribution in [-0.4, -0.2) is 37.3 Å². The molecule has 1 unspecified atom stereocenters. The maximum absolute atomic E-state index is 13.4. The van der Waals surface area contributed by atoms with E-state index in [0.29, 0.717) is 5.69 Å². The van der Waals surface area contributed by atoms with Gasteiger partial charge in [-0.2, -0.15) is 8.78 Å². The molecule has 0 aliphatic heterocycles. The molecule has 23 heavy (non-hydrogen) atoms. The molecule has 5 nitrogen and oxygen atoms in total. The number of aromatic nitrogens is 3. The molecule has 0 spiro atoms. The van der Waals surface area contributed by atoms with Gasteiger partial charge in [0.1, 0.15) is 16.3 Å². The fourth-order valence-corrected chi connectivity index (χ4v) is 1.80. The molecule has 0 aliphatic carbocycles. The number of esters is 1. The Morgan fingerprint density at radius 3 is 2.43 bits per heavy atom. The fourth-order valence-electron chi connectivity index (χ4n) is 1.64. The predicted octanol–water partition coefficient (Wildman–Crippen LogP) is 2.06. The average Bonchev–Trinajstić information content (AvgIpc) is 2.97. The first-order valence-electron chi connectivity index (χ1n) is 6.49. The SMILES string of the molecule is C[CH]([Al])c1cn(CCC(=O)Oc2c(F)c(F)cc(F)c2F)nn1. The van der Waals surface area contributed by atoms with Crippen LogP contribution in [0.1, 0.15) is 23.8 Å². The van der Waals surface area contributed by atoms with Gasteiger partial charge < -0.3 is 4.74 Å². The molecule has 0 N–H and O–H groups in total. The van der Waals surface area contributed by atoms with E-state index in [4.69, 9.17) is 0 Å². The minimum absolute atomic E-state index is 0.0306. The molecule has 0 bridgehead atoms. The number of halogens is 4. The molecular formula is C13H10AlF4N3O2. The zero-order valence-electron chi connectivity index (χ0n) is 11.9. The van der Waals surface area contributed by atoms with E-state index in [-0.39, 0.29) is 23.8 Å². The zero-order valence-corrected chi connectivity index (χ0v) is 13.0. The first-order chi connectivity index (χ1) is 10.8. The Hall–Kier alpha value is -1.92. The molecule has 10 heteroatoms. The van der Waals surface area contributed by atoms with Crippen molar-refractivity contribution in [3.8, 4) is 5.75 Å². The Kier molecular flexibility index (Phi) is 5.39. The second-order valence-corrected chi connectivity index (χ2v) is 5.72. The summed E-state index contributed by atoms with van der Waals surface area (Å²) < 4.78 is 58.5. The third-order valence-corrected chi connectivity index (χ3v) is 3.20. The van der Waals surface area contributed by atoms with Crippen LogP contribution in [0.25, 0.3) is 0 Å². The maximum atomic E-state index is 13.4. The number of ether oxygens (including phenoxy) is 1. The lowest BCUT2D eigenvalue weighted by Gasteiger charge is -2.07. The second kappa shape index (κ2) is 7.10. The van der Waals surface area contributed by atoms with Crippen molar-refractivity contribution in [2.45, 2.75) is 24.7 Å². The highest BCUT2D eigenvalue weighted by Crippen LogP contribution is 2.26. The number of hydrogen-bond donors (Lipinski definition) is 0. The van der Waals surface area contributed by atoms with Crippen LogP contribution in [0.4, 0.5) is 17.6 Å². The summed E-state index contributed by atoms with van der Waals surface area (Å²) in [4.78, 5) is 11.6. The molecule has 0 aliphatic rings. The molecule has 1 aromatic carbocycles. The number of carbonyl (C=O) groups excluding carboxylic acids is 1. The molecule has 0 amide bonds. The number of nitrogens with zero attached hydrogens (tertiary/aromatic N) is 3. The van der Waals surface area contributed by atoms with Gasteiger partial charge in [-0.05, 0) is 0 Å². The number of carbonyl (C=O) groups is 1. The zero-order chi connectivity index (χ0) is 17.1. The minimum Gasteiger partial charge on any atom is -0.420 e. The van der Waals surface area contributed by atoms with E-state index in [2.05, 4.69) is 31.3 Å². The Labute approximate surface area is 136 Å². The maximum Gasteiger partial charge on any atom is 0.313 e. The van der Waals surface area contributed by atoms with E-state index in [1.807, 2.05) is 6.92 Å². The van der Waals surface area contributed by atoms with E-state index in [1.165, 1.54) is 4.68 Å². The lowest BCUT2D eigenvalue weighted by atomic mass is 10.3. The highest BCUT2D eigenvalue weighted by atomic mass is 27.0. The highest BCUT2D eigenvalue weighted by molar-refractivity contribution is 6.11. The Bertz CT molecular complexity index is 710. The smallest absolute Gasteiger partial charge is 0.313 e. The summed E-state index contributed by atoms with van der Waals surface area (Å²) in [5, 5.41) is 7.61. The van der Waals surface area contributed by atoms with Gasteiger partial charge in [0.05, 0.1) is 18.7 Å². The minimum atomic E-state index is -1.77. The highest BCUT2D eigenvalue weighted by Gasteiger charge is 2.23. The van der Waals surface area contributed by atoms with E-state index in [1.54, 1.807) is 6.20 Å². The van der Waals surface area contributed by atoms with Crippen molar-refractivity contribution in [1.82, 2.24) is 15.0 Å². The van der Waals surface area contributed by atoms with E-state index in [9.17, 15) is 22.4 Å². The summed E-state index contributed by atoms with van der Waals surface area (Å²) >= 11 is 2.52. The van der Waals surface area contributed by atoms with Gasteiger partial charge in [-0.25, -0.2) is 8.78 Å². The standard InChI is InChI=1S/C13H10F4N3O2.Al/c1-2-7-6-20(19-18-7)4-3-10(21)22-13-11(16)8(14)5-9(15)12(13)17;/h2,5-6H,3-4H2,1H3;. The van der Waals surface area contributed by atoms with Gasteiger partial charge in [0.2, 0.25) is 17.4 Å². The lowest BCUT2D eigenvalue weighted by molar-refractivity contribution is -0.135. The third-order valence-electron chi connectivity index (χ3n) is 2.86. The van der Waals surface area contributed by atoms with Gasteiger partial charge in [-0.15, -0.1) is 5.10 Å². The molecule has 120 valence electrons. The molecular weight excluding hydrogens is 333 g/mol. The fraction of sp³-hybridized carbons (Fsp3) is 0.308. The van der Waals surface area contributed by atoms with Crippen LogP contribution >= 0.6 is 0 Å². The Balaban J connectivity index is 2.02. The van der Waals surface area contributed by atoms with Crippen LogP contribution in [0.2, 0.25) is 0 Å². The quantitative estimate of drug-likeness (QED) is 0.274. The normalized spacial score (nSPS) is 12.2. The van der Waals surface area contributed by atoms with Crippen LogP contribution in [0.15, 0.2) is 12.3 Å². The molecule has 1 heterocycles. The van der Waals surface area contributed by atoms with Crippen LogP contribution in [0.3, 0.4) is 0 Å².